The summed E-state index contributed by atoms with van der Waals surface area (Å²) < 4.78 is 10.9. The van der Waals surface area contributed by atoms with Crippen molar-refractivity contribution in [3.05, 3.63) is 59.3 Å². The van der Waals surface area contributed by atoms with Gasteiger partial charge in [0, 0.05) is 35.8 Å². The number of Topliss-reactive ketones (excluding diaryl/α,β-unsaturated/α-hetero) is 2. The van der Waals surface area contributed by atoms with Gasteiger partial charge in [0.25, 0.3) is 0 Å². The van der Waals surface area contributed by atoms with E-state index in [-0.39, 0.29) is 23.4 Å². The Morgan fingerprint density at radius 1 is 0.784 bits per heavy atom. The zero-order valence-corrected chi connectivity index (χ0v) is 22.3. The molecule has 0 aromatic carbocycles. The number of cyclic esters (lactones) is 2. The molecule has 7 heteroatoms. The summed E-state index contributed by atoms with van der Waals surface area (Å²) in [5.41, 5.74) is 3.30. The number of allylic oxidation sites excluding steroid dienone is 4. The molecule has 0 aliphatic carbocycles. The molecular weight excluding hydrogens is 472 g/mol. The first-order valence-electron chi connectivity index (χ1n) is 12.7. The topological polar surface area (TPSA) is 104 Å². The SMILES string of the molecule is C=C1C(=O)O[C@H](C=C(C)CCC=C(C=O)CC(C)=C[C@H]2OC(=O)C(=C)[C@@H]2CCC(C)=O)[C@H]1CCC(C)=O. The Balaban J connectivity index is 1.98. The summed E-state index contributed by atoms with van der Waals surface area (Å²) in [6.07, 6.45) is 8.97. The summed E-state index contributed by atoms with van der Waals surface area (Å²) in [4.78, 5) is 58.4. The van der Waals surface area contributed by atoms with Crippen LogP contribution in [0.25, 0.3) is 0 Å². The summed E-state index contributed by atoms with van der Waals surface area (Å²) >= 11 is 0. The minimum atomic E-state index is -0.489. The van der Waals surface area contributed by atoms with Crippen molar-refractivity contribution in [3.8, 4) is 0 Å². The van der Waals surface area contributed by atoms with E-state index in [1.165, 1.54) is 13.8 Å². The number of hydrogen-bond donors (Lipinski definition) is 0. The number of esters is 2. The van der Waals surface area contributed by atoms with Crippen molar-refractivity contribution >= 4 is 29.8 Å². The van der Waals surface area contributed by atoms with E-state index in [1.54, 1.807) is 0 Å². The predicted molar refractivity (Wildman–Crippen MR) is 140 cm³/mol. The Hall–Kier alpha value is -3.35. The van der Waals surface area contributed by atoms with E-state index in [1.807, 2.05) is 32.1 Å². The largest absolute Gasteiger partial charge is 0.454 e. The maximum absolute atomic E-state index is 12.0. The average molecular weight is 511 g/mol. The van der Waals surface area contributed by atoms with Crippen LogP contribution in [-0.4, -0.2) is 42.0 Å². The third-order valence-electron chi connectivity index (χ3n) is 6.79. The number of carbonyl (C=O) groups excluding carboxylic acids is 5. The fourth-order valence-corrected chi connectivity index (χ4v) is 4.63. The lowest BCUT2D eigenvalue weighted by Gasteiger charge is -2.15. The van der Waals surface area contributed by atoms with Gasteiger partial charge in [-0.25, -0.2) is 9.59 Å². The van der Waals surface area contributed by atoms with Gasteiger partial charge in [-0.1, -0.05) is 30.4 Å². The van der Waals surface area contributed by atoms with E-state index >= 15 is 0 Å². The van der Waals surface area contributed by atoms with E-state index in [0.717, 1.165) is 17.4 Å². The summed E-state index contributed by atoms with van der Waals surface area (Å²) in [6.45, 7) is 14.5. The zero-order valence-electron chi connectivity index (χ0n) is 22.3. The van der Waals surface area contributed by atoms with Gasteiger partial charge in [0.2, 0.25) is 0 Å². The monoisotopic (exact) mass is 510 g/mol. The Labute approximate surface area is 219 Å². The summed E-state index contributed by atoms with van der Waals surface area (Å²) in [5, 5.41) is 0. The highest BCUT2D eigenvalue weighted by Gasteiger charge is 2.38. The number of ketones is 2. The second-order valence-electron chi connectivity index (χ2n) is 10.1. The molecule has 2 fully saturated rings. The number of ether oxygens (including phenoxy) is 2. The van der Waals surface area contributed by atoms with Crippen LogP contribution < -0.4 is 0 Å². The van der Waals surface area contributed by atoms with Crippen molar-refractivity contribution in [3.63, 3.8) is 0 Å². The Morgan fingerprint density at radius 3 is 1.68 bits per heavy atom. The molecular formula is C30H38O7. The fraction of sp³-hybridized carbons (Fsp3) is 0.500. The lowest BCUT2D eigenvalue weighted by molar-refractivity contribution is -0.138. The summed E-state index contributed by atoms with van der Waals surface area (Å²) in [6, 6.07) is 0. The number of rotatable bonds is 14. The second kappa shape index (κ2) is 13.8. The molecule has 4 atom stereocenters. The van der Waals surface area contributed by atoms with Crippen LogP contribution >= 0.6 is 0 Å². The van der Waals surface area contributed by atoms with E-state index in [4.69, 9.17) is 9.47 Å². The lowest BCUT2D eigenvalue weighted by Crippen LogP contribution is -2.15. The highest BCUT2D eigenvalue weighted by molar-refractivity contribution is 5.91. The first kappa shape index (κ1) is 29.9. The predicted octanol–water partition coefficient (Wildman–Crippen LogP) is 5.11. The Kier molecular flexibility index (Phi) is 11.2. The molecule has 37 heavy (non-hydrogen) atoms. The van der Waals surface area contributed by atoms with Gasteiger partial charge in [0.1, 0.15) is 30.1 Å². The van der Waals surface area contributed by atoms with E-state index < -0.39 is 24.1 Å². The first-order chi connectivity index (χ1) is 17.4. The van der Waals surface area contributed by atoms with Crippen molar-refractivity contribution in [1.82, 2.24) is 0 Å². The van der Waals surface area contributed by atoms with Gasteiger partial charge in [0.05, 0.1) is 0 Å². The second-order valence-corrected chi connectivity index (χ2v) is 10.1. The van der Waals surface area contributed by atoms with Gasteiger partial charge in [-0.3, -0.25) is 4.79 Å². The van der Waals surface area contributed by atoms with Crippen molar-refractivity contribution in [2.24, 2.45) is 11.8 Å². The van der Waals surface area contributed by atoms with E-state index in [9.17, 15) is 24.0 Å². The number of carbonyl (C=O) groups is 5. The third-order valence-corrected chi connectivity index (χ3v) is 6.79. The van der Waals surface area contributed by atoms with Crippen LogP contribution in [0.5, 0.6) is 0 Å². The van der Waals surface area contributed by atoms with Crippen LogP contribution in [0, 0.1) is 11.8 Å². The van der Waals surface area contributed by atoms with E-state index in [2.05, 4.69) is 13.2 Å². The maximum atomic E-state index is 12.0. The van der Waals surface area contributed by atoms with Crippen LogP contribution in [0.4, 0.5) is 0 Å². The van der Waals surface area contributed by atoms with Crippen LogP contribution in [-0.2, 0) is 33.4 Å². The van der Waals surface area contributed by atoms with Crippen LogP contribution in [0.3, 0.4) is 0 Å². The maximum Gasteiger partial charge on any atom is 0.334 e. The summed E-state index contributed by atoms with van der Waals surface area (Å²) in [7, 11) is 0. The molecule has 0 spiro atoms. The molecule has 0 amide bonds. The molecule has 0 N–H and O–H groups in total. The highest BCUT2D eigenvalue weighted by Crippen LogP contribution is 2.33. The smallest absolute Gasteiger partial charge is 0.334 e. The van der Waals surface area contributed by atoms with Gasteiger partial charge in [0.15, 0.2) is 0 Å². The molecule has 2 heterocycles. The van der Waals surface area contributed by atoms with E-state index in [0.29, 0.717) is 61.7 Å². The zero-order chi connectivity index (χ0) is 27.7. The molecule has 2 saturated heterocycles. The first-order valence-corrected chi connectivity index (χ1v) is 12.7. The van der Waals surface area contributed by atoms with Crippen LogP contribution in [0.1, 0.15) is 72.6 Å². The summed E-state index contributed by atoms with van der Waals surface area (Å²) in [5.74, 6) is -1.22. The minimum Gasteiger partial charge on any atom is -0.454 e. The van der Waals surface area contributed by atoms with Crippen molar-refractivity contribution in [2.75, 3.05) is 0 Å². The average Bonchev–Trinajstić information content (AvgIpc) is 3.23. The molecule has 7 nitrogen and oxygen atoms in total. The van der Waals surface area contributed by atoms with Crippen LogP contribution in [0.15, 0.2) is 59.3 Å². The molecule has 0 saturated carbocycles. The van der Waals surface area contributed by atoms with Crippen LogP contribution in [0.2, 0.25) is 0 Å². The lowest BCUT2D eigenvalue weighted by atomic mass is 9.89. The molecule has 2 rings (SSSR count). The van der Waals surface area contributed by atoms with Gasteiger partial charge in [-0.15, -0.1) is 0 Å². The number of hydrogen-bond acceptors (Lipinski definition) is 7. The van der Waals surface area contributed by atoms with Crippen molar-refractivity contribution in [1.29, 1.82) is 0 Å². The van der Waals surface area contributed by atoms with Gasteiger partial charge >= 0.3 is 11.9 Å². The Morgan fingerprint density at radius 2 is 1.24 bits per heavy atom. The molecule has 0 bridgehead atoms. The molecule has 0 aromatic rings. The highest BCUT2D eigenvalue weighted by atomic mass is 16.6. The number of aldehydes is 1. The van der Waals surface area contributed by atoms with Gasteiger partial charge < -0.3 is 19.1 Å². The molecule has 2 aliphatic heterocycles. The molecule has 0 unspecified atom stereocenters. The molecule has 0 radical (unpaired) electrons. The molecule has 2 aliphatic rings. The fourth-order valence-electron chi connectivity index (χ4n) is 4.63. The quantitative estimate of drug-likeness (QED) is 0.138. The van der Waals surface area contributed by atoms with Crippen molar-refractivity contribution in [2.45, 2.75) is 84.8 Å². The Bertz CT molecular complexity index is 1060. The minimum absolute atomic E-state index is 0.0460. The molecule has 0 aromatic heterocycles. The molecule has 200 valence electrons. The van der Waals surface area contributed by atoms with Gasteiger partial charge in [-0.2, -0.15) is 0 Å². The van der Waals surface area contributed by atoms with Crippen molar-refractivity contribution < 1.29 is 33.4 Å². The standard InChI is InChI=1S/C30H38O7/c1-18(15-27-25(12-10-20(3)32)22(5)29(34)36-27)8-7-9-24(17-31)14-19(2)16-28-26(13-11-21(4)33)23(6)30(35)37-28/h9,15-17,25-28H,5-8,10-14H2,1-4H3/t25-,26-,27+,28+/m0/s1. The normalized spacial score (nSPS) is 24.8. The van der Waals surface area contributed by atoms with Gasteiger partial charge in [-0.05, 0) is 77.5 Å². The third kappa shape index (κ3) is 8.92.